The van der Waals surface area contributed by atoms with Crippen LogP contribution in [0.4, 0.5) is 5.69 Å². The molecule has 1 aliphatic rings. The minimum Gasteiger partial charge on any atom is -0.301 e. The molecule has 7 nitrogen and oxygen atoms in total. The van der Waals surface area contributed by atoms with E-state index in [9.17, 15) is 18.5 Å². The van der Waals surface area contributed by atoms with Gasteiger partial charge in [-0.05, 0) is 52.3 Å². The third-order valence-electron chi connectivity index (χ3n) is 4.77. The fourth-order valence-corrected chi connectivity index (χ4v) is 5.00. The molecule has 0 amide bonds. The van der Waals surface area contributed by atoms with Crippen molar-refractivity contribution in [2.75, 3.05) is 20.1 Å². The average Bonchev–Trinajstić information content (AvgIpc) is 2.53. The molecule has 0 bridgehead atoms. The molecule has 1 heterocycles. The van der Waals surface area contributed by atoms with Crippen LogP contribution < -0.4 is 0 Å². The minimum atomic E-state index is -3.91. The van der Waals surface area contributed by atoms with Crippen LogP contribution in [-0.4, -0.2) is 54.8 Å². The van der Waals surface area contributed by atoms with E-state index in [1.807, 2.05) is 0 Å². The topological polar surface area (TPSA) is 83.8 Å². The van der Waals surface area contributed by atoms with Crippen LogP contribution in [0.2, 0.25) is 0 Å². The van der Waals surface area contributed by atoms with Crippen LogP contribution in [0.3, 0.4) is 0 Å². The summed E-state index contributed by atoms with van der Waals surface area (Å²) in [6.45, 7) is 7.50. The third kappa shape index (κ3) is 3.60. The number of benzene rings is 1. The van der Waals surface area contributed by atoms with Crippen LogP contribution in [0.5, 0.6) is 0 Å². The maximum Gasteiger partial charge on any atom is 0.289 e. The number of piperidine rings is 1. The molecule has 1 saturated heterocycles. The zero-order chi connectivity index (χ0) is 18.1. The number of nitro groups is 1. The van der Waals surface area contributed by atoms with Crippen molar-refractivity contribution in [2.45, 2.75) is 50.6 Å². The number of hydrogen-bond acceptors (Lipinski definition) is 5. The van der Waals surface area contributed by atoms with Gasteiger partial charge < -0.3 is 4.90 Å². The van der Waals surface area contributed by atoms with Gasteiger partial charge in [0, 0.05) is 25.2 Å². The lowest BCUT2D eigenvalue weighted by molar-refractivity contribution is -0.387. The molecule has 1 aromatic rings. The monoisotopic (exact) mass is 355 g/mol. The summed E-state index contributed by atoms with van der Waals surface area (Å²) < 4.78 is 27.3. The molecule has 24 heavy (non-hydrogen) atoms. The van der Waals surface area contributed by atoms with Gasteiger partial charge >= 0.3 is 0 Å². The molecule has 2 rings (SSSR count). The molecule has 134 valence electrons. The summed E-state index contributed by atoms with van der Waals surface area (Å²) in [6.07, 6.45) is 1.46. The summed E-state index contributed by atoms with van der Waals surface area (Å²) in [5.41, 5.74) is 0.0390. The van der Waals surface area contributed by atoms with Crippen molar-refractivity contribution in [3.8, 4) is 0 Å². The van der Waals surface area contributed by atoms with Crippen molar-refractivity contribution in [1.29, 1.82) is 0 Å². The Labute approximate surface area is 143 Å². The first kappa shape index (κ1) is 18.8. The fourth-order valence-electron chi connectivity index (χ4n) is 3.22. The standard InChI is InChI=1S/C16H25N3O4S/c1-12(2)18-10-8-14(9-11-18)17(4)24(22,23)16-13(3)6-5-7-15(16)19(20)21/h5-7,12,14H,8-11H2,1-4H3. The van der Waals surface area contributed by atoms with Crippen molar-refractivity contribution in [3.63, 3.8) is 0 Å². The molecular formula is C16H25N3O4S. The van der Waals surface area contributed by atoms with E-state index >= 15 is 0 Å². The van der Waals surface area contributed by atoms with E-state index in [1.165, 1.54) is 23.5 Å². The van der Waals surface area contributed by atoms with E-state index in [4.69, 9.17) is 0 Å². The SMILES string of the molecule is Cc1cccc([N+](=O)[O-])c1S(=O)(=O)N(C)C1CCN(C(C)C)CC1. The lowest BCUT2D eigenvalue weighted by Gasteiger charge is -2.38. The van der Waals surface area contributed by atoms with Gasteiger partial charge in [0.2, 0.25) is 10.0 Å². The zero-order valence-corrected chi connectivity index (χ0v) is 15.4. The van der Waals surface area contributed by atoms with E-state index in [0.717, 1.165) is 25.9 Å². The van der Waals surface area contributed by atoms with Crippen LogP contribution in [0, 0.1) is 17.0 Å². The number of nitro benzene ring substituents is 1. The number of sulfonamides is 1. The molecule has 8 heteroatoms. The summed E-state index contributed by atoms with van der Waals surface area (Å²) in [4.78, 5) is 12.7. The number of likely N-dealkylation sites (tertiary alicyclic amines) is 1. The Balaban J connectivity index is 2.30. The zero-order valence-electron chi connectivity index (χ0n) is 14.6. The first-order valence-electron chi connectivity index (χ1n) is 8.12. The van der Waals surface area contributed by atoms with Gasteiger partial charge in [0.15, 0.2) is 4.90 Å². The van der Waals surface area contributed by atoms with E-state index < -0.39 is 14.9 Å². The van der Waals surface area contributed by atoms with E-state index in [2.05, 4.69) is 18.7 Å². The molecule has 0 radical (unpaired) electrons. The molecule has 1 aromatic carbocycles. The molecule has 0 unspecified atom stereocenters. The van der Waals surface area contributed by atoms with Crippen LogP contribution in [0.15, 0.2) is 23.1 Å². The first-order chi connectivity index (χ1) is 11.2. The van der Waals surface area contributed by atoms with Crippen LogP contribution in [0.1, 0.15) is 32.3 Å². The molecule has 0 aromatic heterocycles. The minimum absolute atomic E-state index is 0.135. The van der Waals surface area contributed by atoms with Crippen molar-refractivity contribution in [3.05, 3.63) is 33.9 Å². The highest BCUT2D eigenvalue weighted by Crippen LogP contribution is 2.31. The van der Waals surface area contributed by atoms with Gasteiger partial charge in [-0.15, -0.1) is 0 Å². The number of nitrogens with zero attached hydrogens (tertiary/aromatic N) is 3. The van der Waals surface area contributed by atoms with E-state index in [1.54, 1.807) is 13.0 Å². The highest BCUT2D eigenvalue weighted by atomic mass is 32.2. The summed E-state index contributed by atoms with van der Waals surface area (Å²) in [5, 5.41) is 11.3. The van der Waals surface area contributed by atoms with Crippen molar-refractivity contribution >= 4 is 15.7 Å². The molecule has 0 atom stereocenters. The Bertz CT molecular complexity index is 710. The highest BCUT2D eigenvalue weighted by Gasteiger charge is 2.36. The highest BCUT2D eigenvalue weighted by molar-refractivity contribution is 7.89. The van der Waals surface area contributed by atoms with Gasteiger partial charge in [-0.25, -0.2) is 8.42 Å². The first-order valence-corrected chi connectivity index (χ1v) is 9.56. The van der Waals surface area contributed by atoms with Gasteiger partial charge in [0.1, 0.15) is 0 Å². The van der Waals surface area contributed by atoms with Gasteiger partial charge in [-0.1, -0.05) is 12.1 Å². The lowest BCUT2D eigenvalue weighted by atomic mass is 10.0. The van der Waals surface area contributed by atoms with Crippen LogP contribution >= 0.6 is 0 Å². The van der Waals surface area contributed by atoms with Gasteiger partial charge in [0.05, 0.1) is 4.92 Å². The number of hydrogen-bond donors (Lipinski definition) is 0. The van der Waals surface area contributed by atoms with Crippen LogP contribution in [-0.2, 0) is 10.0 Å². The number of rotatable bonds is 5. The molecule has 1 fully saturated rings. The summed E-state index contributed by atoms with van der Waals surface area (Å²) in [5.74, 6) is 0. The molecule has 0 aliphatic carbocycles. The largest absolute Gasteiger partial charge is 0.301 e. The predicted octanol–water partition coefficient (Wildman–Crippen LogP) is 2.40. The van der Waals surface area contributed by atoms with Crippen LogP contribution in [0.25, 0.3) is 0 Å². The molecule has 0 N–H and O–H groups in total. The normalized spacial score (nSPS) is 17.6. The molecule has 0 saturated carbocycles. The van der Waals surface area contributed by atoms with E-state index in [0.29, 0.717) is 11.6 Å². The van der Waals surface area contributed by atoms with Gasteiger partial charge in [0.25, 0.3) is 5.69 Å². The maximum absolute atomic E-state index is 13.0. The number of aryl methyl sites for hydroxylation is 1. The van der Waals surface area contributed by atoms with Crippen molar-refractivity contribution in [2.24, 2.45) is 0 Å². The Morgan fingerprint density at radius 1 is 1.29 bits per heavy atom. The summed E-state index contributed by atoms with van der Waals surface area (Å²) >= 11 is 0. The smallest absolute Gasteiger partial charge is 0.289 e. The van der Waals surface area contributed by atoms with Gasteiger partial charge in [-0.3, -0.25) is 10.1 Å². The fraction of sp³-hybridized carbons (Fsp3) is 0.625. The molecule has 0 spiro atoms. The molecule has 1 aliphatic heterocycles. The van der Waals surface area contributed by atoms with Crippen molar-refractivity contribution < 1.29 is 13.3 Å². The second-order valence-electron chi connectivity index (χ2n) is 6.56. The van der Waals surface area contributed by atoms with E-state index in [-0.39, 0.29) is 16.6 Å². The average molecular weight is 355 g/mol. The third-order valence-corrected chi connectivity index (χ3v) is 6.87. The Hall–Kier alpha value is -1.51. The molecular weight excluding hydrogens is 330 g/mol. The van der Waals surface area contributed by atoms with Gasteiger partial charge in [-0.2, -0.15) is 4.31 Å². The summed E-state index contributed by atoms with van der Waals surface area (Å²) in [6, 6.07) is 4.65. The second kappa shape index (κ2) is 7.16. The lowest BCUT2D eigenvalue weighted by Crippen LogP contribution is -2.47. The predicted molar refractivity (Wildman–Crippen MR) is 92.5 cm³/mol. The Morgan fingerprint density at radius 3 is 2.38 bits per heavy atom. The maximum atomic E-state index is 13.0. The quantitative estimate of drug-likeness (QED) is 0.598. The Morgan fingerprint density at radius 2 is 1.88 bits per heavy atom. The second-order valence-corrected chi connectivity index (χ2v) is 8.50. The van der Waals surface area contributed by atoms with Crippen molar-refractivity contribution in [1.82, 2.24) is 9.21 Å². The summed E-state index contributed by atoms with van der Waals surface area (Å²) in [7, 11) is -2.38. The Kier molecular flexibility index (Phi) is 5.62.